The van der Waals surface area contributed by atoms with Crippen LogP contribution in [0.3, 0.4) is 0 Å². The minimum atomic E-state index is 0.00674. The molecule has 3 heterocycles. The quantitative estimate of drug-likeness (QED) is 0.388. The van der Waals surface area contributed by atoms with Gasteiger partial charge in [-0.15, -0.1) is 22.7 Å². The van der Waals surface area contributed by atoms with Gasteiger partial charge in [-0.1, -0.05) is 35.9 Å². The smallest absolute Gasteiger partial charge is 0.273 e. The van der Waals surface area contributed by atoms with Crippen LogP contribution in [0.15, 0.2) is 53.9 Å². The molecule has 0 radical (unpaired) electrons. The lowest BCUT2D eigenvalue weighted by molar-refractivity contribution is 0.0702. The van der Waals surface area contributed by atoms with Crippen molar-refractivity contribution in [2.75, 3.05) is 13.1 Å². The van der Waals surface area contributed by atoms with Gasteiger partial charge in [0, 0.05) is 35.0 Å². The second kappa shape index (κ2) is 7.86. The van der Waals surface area contributed by atoms with Crippen molar-refractivity contribution in [3.63, 3.8) is 0 Å². The molecule has 0 saturated carbocycles. The summed E-state index contributed by atoms with van der Waals surface area (Å²) in [6.07, 6.45) is 2.05. The fraction of sp³-hybridized carbons (Fsp3) is 0.227. The minimum absolute atomic E-state index is 0.00674. The van der Waals surface area contributed by atoms with E-state index in [0.717, 1.165) is 40.5 Å². The number of hydrogen-bond acceptors (Lipinski definition) is 5. The van der Waals surface area contributed by atoms with E-state index in [1.807, 2.05) is 46.7 Å². The Bertz CT molecular complexity index is 1140. The van der Waals surface area contributed by atoms with Gasteiger partial charge in [-0.05, 0) is 37.1 Å². The van der Waals surface area contributed by atoms with Crippen molar-refractivity contribution in [2.45, 2.75) is 18.8 Å². The summed E-state index contributed by atoms with van der Waals surface area (Å²) >= 11 is 9.20. The van der Waals surface area contributed by atoms with Gasteiger partial charge in [0.1, 0.15) is 10.7 Å². The highest BCUT2D eigenvalue weighted by molar-refractivity contribution is 7.18. The lowest BCUT2D eigenvalue weighted by Crippen LogP contribution is -2.39. The standard InChI is InChI=1S/C22H18ClN3OS2/c23-16-9-7-14(8-10-16)20-25-18(13-28-20)22(27)26-11-3-4-15(12-26)21-24-17-5-1-2-6-19(17)29-21/h1-2,5-10,13,15H,3-4,11-12H2/t15-/m0/s1. The average molecular weight is 440 g/mol. The Morgan fingerprint density at radius 1 is 1.10 bits per heavy atom. The molecule has 1 aliphatic heterocycles. The first kappa shape index (κ1) is 18.7. The summed E-state index contributed by atoms with van der Waals surface area (Å²) in [7, 11) is 0. The molecule has 29 heavy (non-hydrogen) atoms. The maximum absolute atomic E-state index is 13.1. The lowest BCUT2D eigenvalue weighted by Gasteiger charge is -2.31. The maximum atomic E-state index is 13.1. The number of rotatable bonds is 3. The van der Waals surface area contributed by atoms with E-state index in [0.29, 0.717) is 23.2 Å². The van der Waals surface area contributed by atoms with Crippen LogP contribution in [0.4, 0.5) is 0 Å². The molecule has 1 amide bonds. The Balaban J connectivity index is 1.34. The second-order valence-corrected chi connectivity index (χ2v) is 9.51. The molecule has 4 aromatic rings. The molecule has 1 fully saturated rings. The molecule has 146 valence electrons. The molecule has 4 nitrogen and oxygen atoms in total. The van der Waals surface area contributed by atoms with Crippen molar-refractivity contribution in [3.05, 3.63) is 69.6 Å². The maximum Gasteiger partial charge on any atom is 0.273 e. The molecule has 2 aromatic heterocycles. The number of thiazole rings is 2. The number of fused-ring (bicyclic) bond motifs is 1. The predicted molar refractivity (Wildman–Crippen MR) is 120 cm³/mol. The third-order valence-corrected chi connectivity index (χ3v) is 7.52. The van der Waals surface area contributed by atoms with E-state index >= 15 is 0 Å². The van der Waals surface area contributed by atoms with Crippen LogP contribution in [-0.2, 0) is 0 Å². The Morgan fingerprint density at radius 3 is 2.76 bits per heavy atom. The average Bonchev–Trinajstić information content (AvgIpc) is 3.41. The zero-order chi connectivity index (χ0) is 19.8. The summed E-state index contributed by atoms with van der Waals surface area (Å²) in [5, 5.41) is 4.51. The van der Waals surface area contributed by atoms with E-state index in [-0.39, 0.29) is 5.91 Å². The zero-order valence-corrected chi connectivity index (χ0v) is 17.9. The number of carbonyl (C=O) groups is 1. The van der Waals surface area contributed by atoms with E-state index in [1.165, 1.54) is 16.0 Å². The van der Waals surface area contributed by atoms with Crippen molar-refractivity contribution in [1.29, 1.82) is 0 Å². The summed E-state index contributed by atoms with van der Waals surface area (Å²) in [4.78, 5) is 24.4. The van der Waals surface area contributed by atoms with Crippen LogP contribution in [0.2, 0.25) is 5.02 Å². The second-order valence-electron chi connectivity index (χ2n) is 7.15. The number of carbonyl (C=O) groups excluding carboxylic acids is 1. The molecule has 0 unspecified atom stereocenters. The van der Waals surface area contributed by atoms with Gasteiger partial charge < -0.3 is 4.90 Å². The Hall–Kier alpha value is -2.28. The molecule has 1 atom stereocenters. The first-order chi connectivity index (χ1) is 14.2. The molecule has 1 saturated heterocycles. The van der Waals surface area contributed by atoms with Crippen molar-refractivity contribution in [3.8, 4) is 10.6 Å². The van der Waals surface area contributed by atoms with Crippen LogP contribution in [0.5, 0.6) is 0 Å². The van der Waals surface area contributed by atoms with Crippen LogP contribution in [0.1, 0.15) is 34.3 Å². The van der Waals surface area contributed by atoms with E-state index < -0.39 is 0 Å². The Morgan fingerprint density at radius 2 is 1.93 bits per heavy atom. The third-order valence-electron chi connectivity index (χ3n) is 5.18. The van der Waals surface area contributed by atoms with E-state index in [9.17, 15) is 4.79 Å². The van der Waals surface area contributed by atoms with Gasteiger partial charge in [-0.2, -0.15) is 0 Å². The SMILES string of the molecule is O=C(c1csc(-c2ccc(Cl)cc2)n1)N1CCC[C@H](c2nc3ccccc3s2)C1. The number of benzene rings is 2. The number of halogens is 1. The van der Waals surface area contributed by atoms with Gasteiger partial charge in [0.2, 0.25) is 0 Å². The Labute approximate surface area is 181 Å². The van der Waals surface area contributed by atoms with Crippen molar-refractivity contribution in [2.24, 2.45) is 0 Å². The minimum Gasteiger partial charge on any atom is -0.337 e. The molecule has 0 spiro atoms. The highest BCUT2D eigenvalue weighted by Gasteiger charge is 2.28. The molecule has 0 N–H and O–H groups in total. The van der Waals surface area contributed by atoms with Gasteiger partial charge in [0.25, 0.3) is 5.91 Å². The molecule has 0 bridgehead atoms. The van der Waals surface area contributed by atoms with Crippen molar-refractivity contribution in [1.82, 2.24) is 14.9 Å². The van der Waals surface area contributed by atoms with Gasteiger partial charge in [0.15, 0.2) is 0 Å². The number of aromatic nitrogens is 2. The summed E-state index contributed by atoms with van der Waals surface area (Å²) in [6.45, 7) is 1.47. The van der Waals surface area contributed by atoms with Crippen molar-refractivity contribution < 1.29 is 4.79 Å². The third kappa shape index (κ3) is 3.80. The van der Waals surface area contributed by atoms with Crippen LogP contribution in [-0.4, -0.2) is 33.9 Å². The molecule has 2 aromatic carbocycles. The number of piperidine rings is 1. The molecular formula is C22H18ClN3OS2. The number of likely N-dealkylation sites (tertiary alicyclic amines) is 1. The van der Waals surface area contributed by atoms with Crippen LogP contribution in [0.25, 0.3) is 20.8 Å². The first-order valence-electron chi connectivity index (χ1n) is 9.53. The summed E-state index contributed by atoms with van der Waals surface area (Å²) in [5.74, 6) is 0.298. The van der Waals surface area contributed by atoms with Gasteiger partial charge in [0.05, 0.1) is 15.2 Å². The molecule has 1 aliphatic rings. The molecule has 0 aliphatic carbocycles. The van der Waals surface area contributed by atoms with Crippen LogP contribution >= 0.6 is 34.3 Å². The predicted octanol–water partition coefficient (Wildman–Crippen LogP) is 6.09. The number of hydrogen-bond donors (Lipinski definition) is 0. The van der Waals surface area contributed by atoms with Gasteiger partial charge in [-0.25, -0.2) is 9.97 Å². The number of nitrogens with zero attached hydrogens (tertiary/aromatic N) is 3. The summed E-state index contributed by atoms with van der Waals surface area (Å²) in [6, 6.07) is 15.8. The Kier molecular flexibility index (Phi) is 5.08. The van der Waals surface area contributed by atoms with E-state index in [1.54, 1.807) is 11.3 Å². The zero-order valence-electron chi connectivity index (χ0n) is 15.5. The highest BCUT2D eigenvalue weighted by atomic mass is 35.5. The number of para-hydroxylation sites is 1. The highest BCUT2D eigenvalue weighted by Crippen LogP contribution is 2.34. The summed E-state index contributed by atoms with van der Waals surface area (Å²) < 4.78 is 1.21. The monoisotopic (exact) mass is 439 g/mol. The van der Waals surface area contributed by atoms with E-state index in [2.05, 4.69) is 17.1 Å². The number of amides is 1. The van der Waals surface area contributed by atoms with Crippen molar-refractivity contribution >= 4 is 50.4 Å². The summed E-state index contributed by atoms with van der Waals surface area (Å²) in [5.41, 5.74) is 2.54. The molecular weight excluding hydrogens is 422 g/mol. The molecule has 7 heteroatoms. The van der Waals surface area contributed by atoms with Crippen LogP contribution < -0.4 is 0 Å². The van der Waals surface area contributed by atoms with Gasteiger partial charge in [-0.3, -0.25) is 4.79 Å². The molecule has 5 rings (SSSR count). The fourth-order valence-corrected chi connectivity index (χ4v) is 5.71. The fourth-order valence-electron chi connectivity index (χ4n) is 3.69. The van der Waals surface area contributed by atoms with Gasteiger partial charge >= 0.3 is 0 Å². The first-order valence-corrected chi connectivity index (χ1v) is 11.6. The lowest BCUT2D eigenvalue weighted by atomic mass is 9.98. The topological polar surface area (TPSA) is 46.1 Å². The largest absolute Gasteiger partial charge is 0.337 e. The van der Waals surface area contributed by atoms with Crippen LogP contribution in [0, 0.1) is 0 Å². The van der Waals surface area contributed by atoms with E-state index in [4.69, 9.17) is 16.6 Å². The normalized spacial score (nSPS) is 17.0.